The average Bonchev–Trinajstić information content (AvgIpc) is 3.03. The fraction of sp³-hybridized carbons (Fsp3) is 0.312. The zero-order valence-corrected chi connectivity index (χ0v) is 13.8. The molecule has 120 valence electrons. The van der Waals surface area contributed by atoms with Crippen molar-refractivity contribution in [2.45, 2.75) is 26.7 Å². The van der Waals surface area contributed by atoms with Gasteiger partial charge in [0.25, 0.3) is 0 Å². The van der Waals surface area contributed by atoms with E-state index in [1.807, 2.05) is 0 Å². The Morgan fingerprint density at radius 2 is 2.22 bits per heavy atom. The summed E-state index contributed by atoms with van der Waals surface area (Å²) in [5, 5.41) is 8.84. The van der Waals surface area contributed by atoms with Crippen molar-refractivity contribution >= 4 is 39.8 Å². The predicted octanol–water partition coefficient (Wildman–Crippen LogP) is 3.48. The van der Waals surface area contributed by atoms with Crippen LogP contribution in [0.2, 0.25) is 0 Å². The first-order valence-electron chi connectivity index (χ1n) is 7.45. The third-order valence-corrected chi connectivity index (χ3v) is 4.31. The van der Waals surface area contributed by atoms with Crippen LogP contribution in [0.5, 0.6) is 0 Å². The number of carbonyl (C=O) groups is 2. The molecule has 2 heterocycles. The number of aromatic nitrogens is 1. The summed E-state index contributed by atoms with van der Waals surface area (Å²) in [4.78, 5) is 28.7. The molecule has 1 aromatic heterocycles. The van der Waals surface area contributed by atoms with Crippen molar-refractivity contribution in [1.82, 2.24) is 4.98 Å². The molecule has 3 N–H and O–H groups in total. The van der Waals surface area contributed by atoms with Gasteiger partial charge in [0.2, 0.25) is 5.91 Å². The summed E-state index contributed by atoms with van der Waals surface area (Å²) < 4.78 is 0. The van der Waals surface area contributed by atoms with Gasteiger partial charge in [0.15, 0.2) is 5.13 Å². The normalized spacial score (nSPS) is 12.9. The molecule has 3 amide bonds. The van der Waals surface area contributed by atoms with Gasteiger partial charge in [-0.3, -0.25) is 10.1 Å². The van der Waals surface area contributed by atoms with Crippen LogP contribution in [0.3, 0.4) is 0 Å². The second-order valence-corrected chi connectivity index (χ2v) is 7.02. The van der Waals surface area contributed by atoms with Crippen LogP contribution in [0, 0.1) is 5.92 Å². The van der Waals surface area contributed by atoms with Crippen LogP contribution in [0.1, 0.15) is 24.3 Å². The molecule has 2 aromatic rings. The summed E-state index contributed by atoms with van der Waals surface area (Å²) in [7, 11) is 0. The molecule has 7 heteroatoms. The Hall–Kier alpha value is -2.41. The van der Waals surface area contributed by atoms with E-state index in [0.29, 0.717) is 23.2 Å². The van der Waals surface area contributed by atoms with E-state index in [0.717, 1.165) is 22.5 Å². The summed E-state index contributed by atoms with van der Waals surface area (Å²) in [5.74, 6) is 0.530. The number of rotatable bonds is 4. The highest BCUT2D eigenvalue weighted by atomic mass is 32.1. The SMILES string of the molecule is CC(C)Cc1cnc(NC(=O)Nc2ccc3c(c2)CC(=O)N3)s1. The monoisotopic (exact) mass is 330 g/mol. The van der Waals surface area contributed by atoms with Crippen LogP contribution in [0.4, 0.5) is 21.3 Å². The van der Waals surface area contributed by atoms with Crippen LogP contribution in [0.25, 0.3) is 0 Å². The molecule has 23 heavy (non-hydrogen) atoms. The zero-order valence-electron chi connectivity index (χ0n) is 13.0. The minimum Gasteiger partial charge on any atom is -0.326 e. The van der Waals surface area contributed by atoms with E-state index in [2.05, 4.69) is 34.8 Å². The van der Waals surface area contributed by atoms with Crippen molar-refractivity contribution in [2.24, 2.45) is 5.92 Å². The number of amides is 3. The first kappa shape index (κ1) is 15.5. The first-order chi connectivity index (χ1) is 11.0. The molecular weight excluding hydrogens is 312 g/mol. The summed E-state index contributed by atoms with van der Waals surface area (Å²) in [6.45, 7) is 4.29. The van der Waals surface area contributed by atoms with Gasteiger partial charge in [-0.2, -0.15) is 0 Å². The topological polar surface area (TPSA) is 83.1 Å². The minimum absolute atomic E-state index is 0.0259. The largest absolute Gasteiger partial charge is 0.326 e. The number of hydrogen-bond donors (Lipinski definition) is 3. The average molecular weight is 330 g/mol. The number of anilines is 3. The van der Waals surface area contributed by atoms with Crippen LogP contribution in [0.15, 0.2) is 24.4 Å². The van der Waals surface area contributed by atoms with Gasteiger partial charge in [-0.05, 0) is 36.1 Å². The molecular formula is C16H18N4O2S. The Kier molecular flexibility index (Phi) is 4.29. The van der Waals surface area contributed by atoms with Crippen LogP contribution in [-0.4, -0.2) is 16.9 Å². The van der Waals surface area contributed by atoms with E-state index in [9.17, 15) is 9.59 Å². The number of urea groups is 1. The maximum atomic E-state index is 12.0. The molecule has 0 fully saturated rings. The van der Waals surface area contributed by atoms with E-state index >= 15 is 0 Å². The van der Waals surface area contributed by atoms with Gasteiger partial charge in [-0.1, -0.05) is 13.8 Å². The lowest BCUT2D eigenvalue weighted by atomic mass is 10.1. The highest BCUT2D eigenvalue weighted by Crippen LogP contribution is 2.26. The molecule has 0 saturated heterocycles. The van der Waals surface area contributed by atoms with Crippen molar-refractivity contribution in [3.05, 3.63) is 34.8 Å². The van der Waals surface area contributed by atoms with Crippen LogP contribution in [-0.2, 0) is 17.6 Å². The number of carbonyl (C=O) groups excluding carboxylic acids is 2. The fourth-order valence-electron chi connectivity index (χ4n) is 2.43. The number of hydrogen-bond acceptors (Lipinski definition) is 4. The van der Waals surface area contributed by atoms with Crippen molar-refractivity contribution in [3.8, 4) is 0 Å². The molecule has 1 aromatic carbocycles. The van der Waals surface area contributed by atoms with Gasteiger partial charge >= 0.3 is 6.03 Å². The van der Waals surface area contributed by atoms with Crippen molar-refractivity contribution in [2.75, 3.05) is 16.0 Å². The summed E-state index contributed by atoms with van der Waals surface area (Å²) >= 11 is 1.48. The number of fused-ring (bicyclic) bond motifs is 1. The Bertz CT molecular complexity index is 754. The Morgan fingerprint density at radius 3 is 3.00 bits per heavy atom. The highest BCUT2D eigenvalue weighted by Gasteiger charge is 2.18. The first-order valence-corrected chi connectivity index (χ1v) is 8.27. The third-order valence-electron chi connectivity index (χ3n) is 3.37. The van der Waals surface area contributed by atoms with Crippen molar-refractivity contribution < 1.29 is 9.59 Å². The fourth-order valence-corrected chi connectivity index (χ4v) is 3.45. The molecule has 1 aliphatic heterocycles. The quantitative estimate of drug-likeness (QED) is 0.802. The third kappa shape index (κ3) is 3.87. The van der Waals surface area contributed by atoms with Gasteiger partial charge in [0, 0.05) is 22.4 Å². The Labute approximate surface area is 138 Å². The lowest BCUT2D eigenvalue weighted by Gasteiger charge is -2.07. The molecule has 6 nitrogen and oxygen atoms in total. The molecule has 1 aliphatic rings. The minimum atomic E-state index is -0.340. The van der Waals surface area contributed by atoms with Gasteiger partial charge in [-0.25, -0.2) is 9.78 Å². The maximum absolute atomic E-state index is 12.0. The predicted molar refractivity (Wildman–Crippen MR) is 92.1 cm³/mol. The van der Waals surface area contributed by atoms with E-state index in [1.165, 1.54) is 11.3 Å². The van der Waals surface area contributed by atoms with Gasteiger partial charge in [-0.15, -0.1) is 11.3 Å². The second-order valence-electron chi connectivity index (χ2n) is 5.91. The lowest BCUT2D eigenvalue weighted by Crippen LogP contribution is -2.19. The lowest BCUT2D eigenvalue weighted by molar-refractivity contribution is -0.115. The molecule has 0 spiro atoms. The van der Waals surface area contributed by atoms with E-state index in [1.54, 1.807) is 24.4 Å². The second kappa shape index (κ2) is 6.37. The highest BCUT2D eigenvalue weighted by molar-refractivity contribution is 7.15. The molecule has 0 bridgehead atoms. The molecule has 0 aliphatic carbocycles. The standard InChI is InChI=1S/C16H18N4O2S/c1-9(2)5-12-8-17-16(23-12)20-15(22)18-11-3-4-13-10(6-11)7-14(21)19-13/h3-4,6,8-9H,5,7H2,1-2H3,(H,19,21)(H2,17,18,20,22). The number of thiazole rings is 1. The molecule has 0 saturated carbocycles. The molecule has 3 rings (SSSR count). The van der Waals surface area contributed by atoms with E-state index < -0.39 is 0 Å². The van der Waals surface area contributed by atoms with E-state index in [4.69, 9.17) is 0 Å². The van der Waals surface area contributed by atoms with Gasteiger partial charge in [0.05, 0.1) is 6.42 Å². The van der Waals surface area contributed by atoms with Crippen molar-refractivity contribution in [3.63, 3.8) is 0 Å². The smallest absolute Gasteiger partial charge is 0.325 e. The van der Waals surface area contributed by atoms with E-state index in [-0.39, 0.29) is 11.9 Å². The number of nitrogens with one attached hydrogen (secondary N) is 3. The van der Waals surface area contributed by atoms with Gasteiger partial charge < -0.3 is 10.6 Å². The Morgan fingerprint density at radius 1 is 1.39 bits per heavy atom. The summed E-state index contributed by atoms with van der Waals surface area (Å²) in [5.41, 5.74) is 2.34. The summed E-state index contributed by atoms with van der Waals surface area (Å²) in [6, 6.07) is 5.02. The molecule has 0 atom stereocenters. The van der Waals surface area contributed by atoms with Crippen molar-refractivity contribution in [1.29, 1.82) is 0 Å². The molecule has 0 radical (unpaired) electrons. The van der Waals surface area contributed by atoms with Crippen LogP contribution < -0.4 is 16.0 Å². The Balaban J connectivity index is 1.60. The zero-order chi connectivity index (χ0) is 16.4. The van der Waals surface area contributed by atoms with Crippen LogP contribution >= 0.6 is 11.3 Å². The number of nitrogens with zero attached hydrogens (tertiary/aromatic N) is 1. The maximum Gasteiger partial charge on any atom is 0.325 e. The number of benzene rings is 1. The molecule has 0 unspecified atom stereocenters. The van der Waals surface area contributed by atoms with Gasteiger partial charge in [0.1, 0.15) is 0 Å². The summed E-state index contributed by atoms with van der Waals surface area (Å²) in [6.07, 6.45) is 3.09.